The molecular formula is C26H37N3O2. The molecule has 1 fully saturated rings. The van der Waals surface area contributed by atoms with E-state index in [1.807, 2.05) is 24.4 Å². The number of piperazine rings is 1. The summed E-state index contributed by atoms with van der Waals surface area (Å²) < 4.78 is 5.51. The Bertz CT molecular complexity index is 895. The summed E-state index contributed by atoms with van der Waals surface area (Å²) in [4.78, 5) is 2.35. The Morgan fingerprint density at radius 3 is 1.97 bits per heavy atom. The van der Waals surface area contributed by atoms with Crippen molar-refractivity contribution in [1.29, 1.82) is 0 Å². The van der Waals surface area contributed by atoms with Crippen LogP contribution in [-0.2, 0) is 10.8 Å². The first-order valence-corrected chi connectivity index (χ1v) is 11.1. The van der Waals surface area contributed by atoms with Crippen LogP contribution in [0.15, 0.2) is 41.5 Å². The lowest BCUT2D eigenvalue weighted by molar-refractivity contribution is 0.271. The summed E-state index contributed by atoms with van der Waals surface area (Å²) in [5, 5.41) is 17.8. The van der Waals surface area contributed by atoms with Gasteiger partial charge in [-0.25, -0.2) is 0 Å². The second kappa shape index (κ2) is 8.81. The van der Waals surface area contributed by atoms with Gasteiger partial charge in [-0.1, -0.05) is 53.7 Å². The van der Waals surface area contributed by atoms with Crippen molar-refractivity contribution in [2.75, 3.05) is 38.2 Å². The first-order chi connectivity index (χ1) is 14.5. The van der Waals surface area contributed by atoms with Crippen LogP contribution in [0.25, 0.3) is 0 Å². The van der Waals surface area contributed by atoms with Gasteiger partial charge in [-0.3, -0.25) is 5.01 Å². The monoisotopic (exact) mass is 423 g/mol. The second-order valence-corrected chi connectivity index (χ2v) is 10.3. The maximum absolute atomic E-state index is 10.9. The van der Waals surface area contributed by atoms with E-state index in [-0.39, 0.29) is 10.8 Å². The van der Waals surface area contributed by atoms with Gasteiger partial charge in [0.2, 0.25) is 0 Å². The SMILES string of the molecule is COc1ccccc1N1CCN(/N=C/c2cc(C(C)(C)C)c(O)c(C(C)(C)C)c2)CC1. The highest BCUT2D eigenvalue weighted by atomic mass is 16.5. The normalized spacial score (nSPS) is 15.6. The summed E-state index contributed by atoms with van der Waals surface area (Å²) in [7, 11) is 1.72. The van der Waals surface area contributed by atoms with Crippen LogP contribution < -0.4 is 9.64 Å². The largest absolute Gasteiger partial charge is 0.507 e. The average Bonchev–Trinajstić information content (AvgIpc) is 2.71. The van der Waals surface area contributed by atoms with Crippen molar-refractivity contribution in [3.8, 4) is 11.5 Å². The van der Waals surface area contributed by atoms with Gasteiger partial charge in [0, 0.05) is 24.2 Å². The van der Waals surface area contributed by atoms with E-state index >= 15 is 0 Å². The molecule has 0 spiro atoms. The molecule has 2 aromatic carbocycles. The molecule has 1 N–H and O–H groups in total. The van der Waals surface area contributed by atoms with Crippen molar-refractivity contribution in [2.24, 2.45) is 5.10 Å². The Balaban J connectivity index is 1.77. The molecule has 0 atom stereocenters. The molecule has 0 bridgehead atoms. The molecule has 5 nitrogen and oxygen atoms in total. The van der Waals surface area contributed by atoms with E-state index in [0.717, 1.165) is 54.3 Å². The summed E-state index contributed by atoms with van der Waals surface area (Å²) in [5.41, 5.74) is 3.80. The van der Waals surface area contributed by atoms with Crippen LogP contribution in [0.3, 0.4) is 0 Å². The van der Waals surface area contributed by atoms with Gasteiger partial charge in [-0.2, -0.15) is 5.10 Å². The minimum absolute atomic E-state index is 0.145. The number of ether oxygens (including phenoxy) is 1. The van der Waals surface area contributed by atoms with E-state index in [1.54, 1.807) is 7.11 Å². The van der Waals surface area contributed by atoms with Crippen molar-refractivity contribution in [2.45, 2.75) is 52.4 Å². The van der Waals surface area contributed by atoms with Crippen LogP contribution in [0.5, 0.6) is 11.5 Å². The predicted octanol–water partition coefficient (Wildman–Crippen LogP) is 5.15. The van der Waals surface area contributed by atoms with E-state index in [1.165, 1.54) is 0 Å². The molecule has 0 aromatic heterocycles. The minimum atomic E-state index is -0.145. The summed E-state index contributed by atoms with van der Waals surface area (Å²) >= 11 is 0. The van der Waals surface area contributed by atoms with E-state index in [9.17, 15) is 5.11 Å². The van der Waals surface area contributed by atoms with E-state index in [2.05, 4.69) is 69.7 Å². The standard InChI is InChI=1S/C26H37N3O2/c1-25(2,3)20-16-19(17-21(24(20)30)26(4,5)6)18-27-29-14-12-28(13-15-29)22-10-8-9-11-23(22)31-7/h8-11,16-18,30H,12-15H2,1-7H3/b27-18+. The first-order valence-electron chi connectivity index (χ1n) is 11.1. The number of para-hydroxylation sites is 2. The summed E-state index contributed by atoms with van der Waals surface area (Å²) in [6.45, 7) is 16.3. The van der Waals surface area contributed by atoms with Crippen LogP contribution in [0.1, 0.15) is 58.2 Å². The molecular weight excluding hydrogens is 386 g/mol. The van der Waals surface area contributed by atoms with Gasteiger partial charge in [-0.05, 0) is 40.7 Å². The number of rotatable bonds is 4. The molecule has 0 saturated carbocycles. The minimum Gasteiger partial charge on any atom is -0.507 e. The second-order valence-electron chi connectivity index (χ2n) is 10.3. The fourth-order valence-corrected chi connectivity index (χ4v) is 3.97. The van der Waals surface area contributed by atoms with Crippen LogP contribution in [-0.4, -0.2) is 49.6 Å². The van der Waals surface area contributed by atoms with E-state index in [4.69, 9.17) is 9.84 Å². The average molecular weight is 424 g/mol. The molecule has 1 aliphatic heterocycles. The quantitative estimate of drug-likeness (QED) is 0.691. The lowest BCUT2D eigenvalue weighted by Crippen LogP contribution is -2.44. The zero-order chi connectivity index (χ0) is 22.8. The number of methoxy groups -OCH3 is 1. The number of hydrazone groups is 1. The lowest BCUT2D eigenvalue weighted by Gasteiger charge is -2.35. The van der Waals surface area contributed by atoms with Crippen LogP contribution in [0.2, 0.25) is 0 Å². The molecule has 5 heteroatoms. The number of anilines is 1. The zero-order valence-electron chi connectivity index (χ0n) is 20.1. The summed E-state index contributed by atoms with van der Waals surface area (Å²) in [6, 6.07) is 12.3. The molecule has 0 radical (unpaired) electrons. The Morgan fingerprint density at radius 2 is 1.45 bits per heavy atom. The smallest absolute Gasteiger partial charge is 0.142 e. The molecule has 2 aromatic rings. The third kappa shape index (κ3) is 5.33. The van der Waals surface area contributed by atoms with Gasteiger partial charge >= 0.3 is 0 Å². The van der Waals surface area contributed by atoms with Crippen molar-refractivity contribution in [3.63, 3.8) is 0 Å². The summed E-state index contributed by atoms with van der Waals surface area (Å²) in [6.07, 6.45) is 1.93. The molecule has 0 amide bonds. The Labute approximate surface area is 187 Å². The molecule has 1 aliphatic rings. The van der Waals surface area contributed by atoms with Gasteiger partial charge in [-0.15, -0.1) is 0 Å². The molecule has 3 rings (SSSR count). The van der Waals surface area contributed by atoms with Crippen LogP contribution >= 0.6 is 0 Å². The molecule has 1 heterocycles. The van der Waals surface area contributed by atoms with Crippen molar-refractivity contribution >= 4 is 11.9 Å². The third-order valence-electron chi connectivity index (χ3n) is 5.80. The first kappa shape index (κ1) is 23.0. The Kier molecular flexibility index (Phi) is 6.54. The third-order valence-corrected chi connectivity index (χ3v) is 5.80. The number of benzene rings is 2. The van der Waals surface area contributed by atoms with E-state index in [0.29, 0.717) is 5.75 Å². The lowest BCUT2D eigenvalue weighted by atomic mass is 9.78. The van der Waals surface area contributed by atoms with Gasteiger partial charge in [0.1, 0.15) is 11.5 Å². The highest BCUT2D eigenvalue weighted by Gasteiger charge is 2.26. The number of nitrogens with zero attached hydrogens (tertiary/aromatic N) is 3. The number of phenolic OH excluding ortho intramolecular Hbond substituents is 1. The molecule has 1 saturated heterocycles. The predicted molar refractivity (Wildman–Crippen MR) is 130 cm³/mol. The van der Waals surface area contributed by atoms with Gasteiger partial charge < -0.3 is 14.7 Å². The number of phenols is 1. The fraction of sp³-hybridized carbons (Fsp3) is 0.500. The van der Waals surface area contributed by atoms with Crippen LogP contribution in [0.4, 0.5) is 5.69 Å². The summed E-state index contributed by atoms with van der Waals surface area (Å²) in [5.74, 6) is 1.32. The number of aromatic hydroxyl groups is 1. The van der Waals surface area contributed by atoms with Gasteiger partial charge in [0.05, 0.1) is 32.1 Å². The topological polar surface area (TPSA) is 48.3 Å². The highest BCUT2D eigenvalue weighted by Crippen LogP contribution is 2.39. The van der Waals surface area contributed by atoms with Crippen molar-refractivity contribution in [3.05, 3.63) is 53.1 Å². The maximum Gasteiger partial charge on any atom is 0.142 e. The highest BCUT2D eigenvalue weighted by molar-refractivity contribution is 5.81. The zero-order valence-corrected chi connectivity index (χ0v) is 20.1. The number of hydrogen-bond acceptors (Lipinski definition) is 5. The molecule has 0 aliphatic carbocycles. The van der Waals surface area contributed by atoms with Crippen molar-refractivity contribution < 1.29 is 9.84 Å². The molecule has 31 heavy (non-hydrogen) atoms. The van der Waals surface area contributed by atoms with Crippen molar-refractivity contribution in [1.82, 2.24) is 5.01 Å². The Morgan fingerprint density at radius 1 is 0.903 bits per heavy atom. The Hall–Kier alpha value is -2.69. The molecule has 0 unspecified atom stereocenters. The molecule has 168 valence electrons. The van der Waals surface area contributed by atoms with Gasteiger partial charge in [0.25, 0.3) is 0 Å². The maximum atomic E-state index is 10.9. The van der Waals surface area contributed by atoms with E-state index < -0.39 is 0 Å². The fourth-order valence-electron chi connectivity index (χ4n) is 3.97. The number of hydrogen-bond donors (Lipinski definition) is 1. The van der Waals surface area contributed by atoms with Gasteiger partial charge in [0.15, 0.2) is 0 Å². The van der Waals surface area contributed by atoms with Crippen LogP contribution in [0, 0.1) is 0 Å².